The van der Waals surface area contributed by atoms with Gasteiger partial charge in [-0.15, -0.1) is 0 Å². The number of nitrogens with two attached hydrogens (primary N) is 1. The number of carbonyl (C=O) groups excluding carboxylic acids is 1. The van der Waals surface area contributed by atoms with Gasteiger partial charge >= 0.3 is 0 Å². The van der Waals surface area contributed by atoms with Crippen LogP contribution in [0.2, 0.25) is 0 Å². The molecule has 2 fully saturated rings. The maximum atomic E-state index is 12.1. The zero-order valence-electron chi connectivity index (χ0n) is 11.7. The third-order valence-electron chi connectivity index (χ3n) is 4.76. The Morgan fingerprint density at radius 3 is 2.42 bits per heavy atom. The van der Waals surface area contributed by atoms with Crippen LogP contribution in [0.1, 0.15) is 57.8 Å². The van der Waals surface area contributed by atoms with Crippen molar-refractivity contribution in [2.75, 3.05) is 6.54 Å². The molecule has 19 heavy (non-hydrogen) atoms. The van der Waals surface area contributed by atoms with Gasteiger partial charge in [0.05, 0.1) is 6.07 Å². The molecule has 2 saturated carbocycles. The first-order valence-corrected chi connectivity index (χ1v) is 7.61. The van der Waals surface area contributed by atoms with Crippen LogP contribution in [-0.4, -0.2) is 18.0 Å². The molecule has 0 saturated heterocycles. The van der Waals surface area contributed by atoms with Crippen molar-refractivity contribution < 1.29 is 4.79 Å². The quantitative estimate of drug-likeness (QED) is 0.818. The molecule has 2 rings (SSSR count). The lowest BCUT2D eigenvalue weighted by atomic mass is 9.77. The molecule has 0 spiro atoms. The average molecular weight is 263 g/mol. The van der Waals surface area contributed by atoms with Crippen LogP contribution in [0.3, 0.4) is 0 Å². The van der Waals surface area contributed by atoms with Crippen LogP contribution in [0, 0.1) is 23.2 Å². The van der Waals surface area contributed by atoms with Gasteiger partial charge in [-0.05, 0) is 44.4 Å². The number of nitrogens with one attached hydrogen (secondary N) is 1. The Kier molecular flexibility index (Phi) is 4.81. The molecule has 0 radical (unpaired) electrons. The molecule has 0 heterocycles. The fourth-order valence-electron chi connectivity index (χ4n) is 3.29. The summed E-state index contributed by atoms with van der Waals surface area (Å²) in [6.07, 6.45) is 9.26. The molecular formula is C15H25N3O. The van der Waals surface area contributed by atoms with Crippen molar-refractivity contribution in [1.29, 1.82) is 5.26 Å². The van der Waals surface area contributed by atoms with E-state index in [-0.39, 0.29) is 11.8 Å². The van der Waals surface area contributed by atoms with Crippen LogP contribution in [0.5, 0.6) is 0 Å². The molecule has 0 atom stereocenters. The smallest absolute Gasteiger partial charge is 0.223 e. The Bertz CT molecular complexity index is 347. The topological polar surface area (TPSA) is 78.9 Å². The Balaban J connectivity index is 1.71. The van der Waals surface area contributed by atoms with Crippen molar-refractivity contribution in [2.45, 2.75) is 63.3 Å². The number of nitriles is 1. The van der Waals surface area contributed by atoms with Crippen molar-refractivity contribution in [1.82, 2.24) is 5.32 Å². The summed E-state index contributed by atoms with van der Waals surface area (Å²) in [7, 11) is 0. The molecule has 0 unspecified atom stereocenters. The molecule has 0 aromatic carbocycles. The second-order valence-corrected chi connectivity index (χ2v) is 6.29. The summed E-state index contributed by atoms with van der Waals surface area (Å²) in [5.41, 5.74) is 5.22. The van der Waals surface area contributed by atoms with E-state index < -0.39 is 5.54 Å². The predicted molar refractivity (Wildman–Crippen MR) is 74.1 cm³/mol. The first-order valence-electron chi connectivity index (χ1n) is 7.61. The molecule has 0 bridgehead atoms. The molecule has 0 aliphatic heterocycles. The molecule has 106 valence electrons. The van der Waals surface area contributed by atoms with Crippen molar-refractivity contribution >= 4 is 5.91 Å². The van der Waals surface area contributed by atoms with Crippen molar-refractivity contribution in [2.24, 2.45) is 17.6 Å². The zero-order valence-corrected chi connectivity index (χ0v) is 11.7. The molecule has 2 aliphatic carbocycles. The third-order valence-corrected chi connectivity index (χ3v) is 4.76. The highest BCUT2D eigenvalue weighted by atomic mass is 16.1. The van der Waals surface area contributed by atoms with E-state index in [0.29, 0.717) is 18.8 Å². The molecule has 3 N–H and O–H groups in total. The summed E-state index contributed by atoms with van der Waals surface area (Å²) < 4.78 is 0. The summed E-state index contributed by atoms with van der Waals surface area (Å²) in [6, 6.07) is 2.17. The van der Waals surface area contributed by atoms with Gasteiger partial charge in [-0.2, -0.15) is 5.26 Å². The molecule has 2 aliphatic rings. The minimum absolute atomic E-state index is 0.0635. The van der Waals surface area contributed by atoms with E-state index >= 15 is 0 Å². The van der Waals surface area contributed by atoms with Gasteiger partial charge in [0.2, 0.25) is 5.91 Å². The first-order chi connectivity index (χ1) is 9.13. The monoisotopic (exact) mass is 263 g/mol. The Hall–Kier alpha value is -1.08. The van der Waals surface area contributed by atoms with E-state index in [9.17, 15) is 4.79 Å². The van der Waals surface area contributed by atoms with Gasteiger partial charge in [0.1, 0.15) is 5.54 Å². The van der Waals surface area contributed by atoms with Gasteiger partial charge in [0, 0.05) is 12.5 Å². The zero-order chi connectivity index (χ0) is 13.7. The van der Waals surface area contributed by atoms with E-state index in [1.54, 1.807) is 0 Å². The third kappa shape index (κ3) is 3.94. The van der Waals surface area contributed by atoms with E-state index in [1.807, 2.05) is 0 Å². The number of amides is 1. The summed E-state index contributed by atoms with van der Waals surface area (Å²) in [4.78, 5) is 12.1. The fraction of sp³-hybridized carbons (Fsp3) is 0.867. The Morgan fingerprint density at radius 2 is 1.84 bits per heavy atom. The SMILES string of the molecule is N#CC1(N)CCC(C(=O)NCC2CCCCC2)CC1. The molecule has 4 heteroatoms. The maximum Gasteiger partial charge on any atom is 0.223 e. The number of nitrogens with zero attached hydrogens (tertiary/aromatic N) is 1. The largest absolute Gasteiger partial charge is 0.356 e. The normalized spacial score (nSPS) is 32.5. The van der Waals surface area contributed by atoms with Crippen LogP contribution in [0.4, 0.5) is 0 Å². The summed E-state index contributed by atoms with van der Waals surface area (Å²) in [5, 5.41) is 12.1. The molecular weight excluding hydrogens is 238 g/mol. The highest BCUT2D eigenvalue weighted by Gasteiger charge is 2.34. The number of hydrogen-bond acceptors (Lipinski definition) is 3. The number of rotatable bonds is 3. The van der Waals surface area contributed by atoms with Gasteiger partial charge in [-0.1, -0.05) is 19.3 Å². The summed E-state index contributed by atoms with van der Waals surface area (Å²) >= 11 is 0. The first kappa shape index (κ1) is 14.3. The highest BCUT2D eigenvalue weighted by molar-refractivity contribution is 5.78. The van der Waals surface area contributed by atoms with Gasteiger partial charge in [0.25, 0.3) is 0 Å². The van der Waals surface area contributed by atoms with Crippen LogP contribution >= 0.6 is 0 Å². The van der Waals surface area contributed by atoms with Gasteiger partial charge in [-0.3, -0.25) is 4.79 Å². The van der Waals surface area contributed by atoms with Gasteiger partial charge in [0.15, 0.2) is 0 Å². The van der Waals surface area contributed by atoms with Gasteiger partial charge in [-0.25, -0.2) is 0 Å². The van der Waals surface area contributed by atoms with Crippen LogP contribution in [0.25, 0.3) is 0 Å². The lowest BCUT2D eigenvalue weighted by Gasteiger charge is -2.31. The minimum atomic E-state index is -0.694. The Labute approximate surface area is 115 Å². The molecule has 0 aromatic heterocycles. The van der Waals surface area contributed by atoms with E-state index in [2.05, 4.69) is 11.4 Å². The molecule has 0 aromatic rings. The molecule has 1 amide bonds. The summed E-state index contributed by atoms with van der Waals surface area (Å²) in [6.45, 7) is 0.835. The van der Waals surface area contributed by atoms with Crippen molar-refractivity contribution in [3.63, 3.8) is 0 Å². The standard InChI is InChI=1S/C15H25N3O/c16-11-15(17)8-6-13(7-9-15)14(19)18-10-12-4-2-1-3-5-12/h12-13H,1-10,17H2,(H,18,19). The van der Waals surface area contributed by atoms with E-state index in [1.165, 1.54) is 32.1 Å². The van der Waals surface area contributed by atoms with Crippen molar-refractivity contribution in [3.05, 3.63) is 0 Å². The van der Waals surface area contributed by atoms with Crippen LogP contribution in [0.15, 0.2) is 0 Å². The maximum absolute atomic E-state index is 12.1. The lowest BCUT2D eigenvalue weighted by Crippen LogP contribution is -2.45. The number of carbonyl (C=O) groups is 1. The average Bonchev–Trinajstić information content (AvgIpc) is 2.47. The van der Waals surface area contributed by atoms with Crippen LogP contribution < -0.4 is 11.1 Å². The van der Waals surface area contributed by atoms with Gasteiger partial charge < -0.3 is 11.1 Å². The predicted octanol–water partition coefficient (Wildman–Crippen LogP) is 2.09. The van der Waals surface area contributed by atoms with Crippen LogP contribution in [-0.2, 0) is 4.79 Å². The summed E-state index contributed by atoms with van der Waals surface area (Å²) in [5.74, 6) is 0.910. The Morgan fingerprint density at radius 1 is 1.21 bits per heavy atom. The second kappa shape index (κ2) is 6.38. The minimum Gasteiger partial charge on any atom is -0.356 e. The second-order valence-electron chi connectivity index (χ2n) is 6.29. The van der Waals surface area contributed by atoms with Crippen molar-refractivity contribution in [3.8, 4) is 6.07 Å². The highest BCUT2D eigenvalue weighted by Crippen LogP contribution is 2.30. The fourth-order valence-corrected chi connectivity index (χ4v) is 3.29. The van der Waals surface area contributed by atoms with E-state index in [0.717, 1.165) is 19.4 Å². The molecule has 4 nitrogen and oxygen atoms in total. The van der Waals surface area contributed by atoms with E-state index in [4.69, 9.17) is 11.0 Å². The lowest BCUT2D eigenvalue weighted by molar-refractivity contribution is -0.126. The number of hydrogen-bond donors (Lipinski definition) is 2.